The van der Waals surface area contributed by atoms with Crippen molar-refractivity contribution < 1.29 is 10.2 Å². The maximum atomic E-state index is 10.5. The van der Waals surface area contributed by atoms with Gasteiger partial charge in [0.05, 0.1) is 11.2 Å². The van der Waals surface area contributed by atoms with Gasteiger partial charge in [0, 0.05) is 26.2 Å². The van der Waals surface area contributed by atoms with Crippen molar-refractivity contribution in [3.05, 3.63) is 12.2 Å². The lowest BCUT2D eigenvalue weighted by molar-refractivity contribution is 0.0116. The Kier molecular flexibility index (Phi) is 4.11. The van der Waals surface area contributed by atoms with E-state index >= 15 is 0 Å². The predicted octanol–water partition coefficient (Wildman–Crippen LogP) is 0.456. The molecule has 2 fully saturated rings. The van der Waals surface area contributed by atoms with E-state index in [1.54, 1.807) is 0 Å². The third-order valence-corrected chi connectivity index (χ3v) is 4.41. The van der Waals surface area contributed by atoms with Crippen LogP contribution in [-0.4, -0.2) is 71.5 Å². The minimum atomic E-state index is -0.717. The SMILES string of the molecule is CN1CCC(O)(/C=C\C2(O)CCN(C)CC2)CC1. The van der Waals surface area contributed by atoms with Gasteiger partial charge >= 0.3 is 0 Å². The molecule has 2 heterocycles. The van der Waals surface area contributed by atoms with Crippen LogP contribution < -0.4 is 0 Å². The third-order valence-electron chi connectivity index (χ3n) is 4.41. The van der Waals surface area contributed by atoms with E-state index in [0.717, 1.165) is 51.9 Å². The van der Waals surface area contributed by atoms with Gasteiger partial charge in [-0.15, -0.1) is 0 Å². The van der Waals surface area contributed by atoms with Crippen LogP contribution in [0.25, 0.3) is 0 Å². The monoisotopic (exact) mass is 254 g/mol. The van der Waals surface area contributed by atoms with Crippen molar-refractivity contribution in [3.8, 4) is 0 Å². The molecule has 2 N–H and O–H groups in total. The van der Waals surface area contributed by atoms with Gasteiger partial charge in [0.15, 0.2) is 0 Å². The second-order valence-electron chi connectivity index (χ2n) is 6.15. The summed E-state index contributed by atoms with van der Waals surface area (Å²) in [6, 6.07) is 0. The first-order chi connectivity index (χ1) is 8.41. The van der Waals surface area contributed by atoms with Crippen molar-refractivity contribution in [1.82, 2.24) is 9.80 Å². The van der Waals surface area contributed by atoms with Crippen molar-refractivity contribution in [3.63, 3.8) is 0 Å². The van der Waals surface area contributed by atoms with Crippen LogP contribution >= 0.6 is 0 Å². The zero-order chi connectivity index (χ0) is 13.2. The molecule has 0 atom stereocenters. The number of hydrogen-bond donors (Lipinski definition) is 2. The van der Waals surface area contributed by atoms with E-state index < -0.39 is 11.2 Å². The largest absolute Gasteiger partial charge is 0.386 e. The third kappa shape index (κ3) is 3.54. The van der Waals surface area contributed by atoms with Crippen LogP contribution in [0.1, 0.15) is 25.7 Å². The van der Waals surface area contributed by atoms with Gasteiger partial charge in [-0.05, 0) is 39.8 Å². The summed E-state index contributed by atoms with van der Waals surface area (Å²) >= 11 is 0. The lowest BCUT2D eigenvalue weighted by Gasteiger charge is -2.37. The summed E-state index contributed by atoms with van der Waals surface area (Å²) in [5.41, 5.74) is -1.43. The van der Waals surface area contributed by atoms with Gasteiger partial charge in [-0.1, -0.05) is 12.2 Å². The Morgan fingerprint density at radius 2 is 1.00 bits per heavy atom. The fourth-order valence-electron chi connectivity index (χ4n) is 2.66. The second kappa shape index (κ2) is 5.29. The molecule has 0 aromatic heterocycles. The Bertz CT molecular complexity index is 271. The molecule has 0 radical (unpaired) electrons. The molecule has 0 aromatic rings. The minimum Gasteiger partial charge on any atom is -0.386 e. The molecule has 18 heavy (non-hydrogen) atoms. The lowest BCUT2D eigenvalue weighted by atomic mass is 9.86. The summed E-state index contributed by atoms with van der Waals surface area (Å²) in [4.78, 5) is 4.46. The average molecular weight is 254 g/mol. The first-order valence-corrected chi connectivity index (χ1v) is 6.93. The fourth-order valence-corrected chi connectivity index (χ4v) is 2.66. The fraction of sp³-hybridized carbons (Fsp3) is 0.857. The second-order valence-corrected chi connectivity index (χ2v) is 6.15. The van der Waals surface area contributed by atoms with Crippen molar-refractivity contribution >= 4 is 0 Å². The number of hydrogen-bond acceptors (Lipinski definition) is 4. The molecule has 4 nitrogen and oxygen atoms in total. The van der Waals surface area contributed by atoms with Crippen LogP contribution in [0.3, 0.4) is 0 Å². The maximum absolute atomic E-state index is 10.5. The quantitative estimate of drug-likeness (QED) is 0.703. The number of aliphatic hydroxyl groups is 2. The predicted molar refractivity (Wildman–Crippen MR) is 72.5 cm³/mol. The molecular formula is C14H26N2O2. The van der Waals surface area contributed by atoms with Gasteiger partial charge in [0.2, 0.25) is 0 Å². The molecule has 0 bridgehead atoms. The van der Waals surface area contributed by atoms with E-state index in [1.165, 1.54) is 0 Å². The summed E-state index contributed by atoms with van der Waals surface area (Å²) in [5.74, 6) is 0. The van der Waals surface area contributed by atoms with Gasteiger partial charge in [-0.25, -0.2) is 0 Å². The van der Waals surface area contributed by atoms with Gasteiger partial charge in [0.25, 0.3) is 0 Å². The first kappa shape index (κ1) is 14.0. The number of rotatable bonds is 2. The average Bonchev–Trinajstić information content (AvgIpc) is 2.36. The number of likely N-dealkylation sites (tertiary alicyclic amines) is 2. The van der Waals surface area contributed by atoms with Crippen molar-refractivity contribution in [2.75, 3.05) is 40.3 Å². The molecule has 0 spiro atoms. The van der Waals surface area contributed by atoms with Crippen LogP contribution in [0.4, 0.5) is 0 Å². The summed E-state index contributed by atoms with van der Waals surface area (Å²) < 4.78 is 0. The highest BCUT2D eigenvalue weighted by molar-refractivity contribution is 5.11. The smallest absolute Gasteiger partial charge is 0.0853 e. The van der Waals surface area contributed by atoms with E-state index in [9.17, 15) is 10.2 Å². The van der Waals surface area contributed by atoms with Gasteiger partial charge < -0.3 is 20.0 Å². The van der Waals surface area contributed by atoms with E-state index in [4.69, 9.17) is 0 Å². The number of nitrogens with zero attached hydrogens (tertiary/aromatic N) is 2. The van der Waals surface area contributed by atoms with Gasteiger partial charge in [0.1, 0.15) is 0 Å². The molecule has 2 rings (SSSR count). The molecular weight excluding hydrogens is 228 g/mol. The molecule has 2 aliphatic heterocycles. The summed E-state index contributed by atoms with van der Waals surface area (Å²) in [6.45, 7) is 3.67. The Hall–Kier alpha value is -0.420. The molecule has 4 heteroatoms. The highest BCUT2D eigenvalue weighted by atomic mass is 16.3. The molecule has 2 aliphatic rings. The Morgan fingerprint density at radius 3 is 1.28 bits per heavy atom. The standard InChI is InChI=1S/C14H26N2O2/c1-15-9-5-13(17,6-10-15)3-4-14(18)7-11-16(2)12-8-14/h3-4,17-18H,5-12H2,1-2H3/b4-3-. The van der Waals surface area contributed by atoms with E-state index in [1.807, 2.05) is 12.2 Å². The summed E-state index contributed by atoms with van der Waals surface area (Å²) in [5, 5.41) is 20.9. The first-order valence-electron chi connectivity index (χ1n) is 6.93. The van der Waals surface area contributed by atoms with Crippen LogP contribution in [-0.2, 0) is 0 Å². The van der Waals surface area contributed by atoms with Crippen molar-refractivity contribution in [1.29, 1.82) is 0 Å². The van der Waals surface area contributed by atoms with E-state index in [2.05, 4.69) is 23.9 Å². The lowest BCUT2D eigenvalue weighted by Crippen LogP contribution is -2.44. The Morgan fingerprint density at radius 1 is 0.722 bits per heavy atom. The molecule has 0 aliphatic carbocycles. The van der Waals surface area contributed by atoms with Crippen LogP contribution in [0.5, 0.6) is 0 Å². The highest BCUT2D eigenvalue weighted by Gasteiger charge is 2.32. The summed E-state index contributed by atoms with van der Waals surface area (Å²) in [6.07, 6.45) is 6.74. The topological polar surface area (TPSA) is 46.9 Å². The Labute approximate surface area is 110 Å². The number of piperidine rings is 2. The Balaban J connectivity index is 1.93. The van der Waals surface area contributed by atoms with Crippen molar-refractivity contribution in [2.45, 2.75) is 36.9 Å². The summed E-state index contributed by atoms with van der Waals surface area (Å²) in [7, 11) is 4.15. The van der Waals surface area contributed by atoms with Crippen LogP contribution in [0, 0.1) is 0 Å². The normalized spacial score (nSPS) is 29.8. The molecule has 104 valence electrons. The van der Waals surface area contributed by atoms with E-state index in [0.29, 0.717) is 0 Å². The molecule has 0 amide bonds. The van der Waals surface area contributed by atoms with Gasteiger partial charge in [-0.3, -0.25) is 0 Å². The molecule has 0 unspecified atom stereocenters. The maximum Gasteiger partial charge on any atom is 0.0853 e. The molecule has 2 saturated heterocycles. The van der Waals surface area contributed by atoms with Gasteiger partial charge in [-0.2, -0.15) is 0 Å². The molecule has 0 saturated carbocycles. The van der Waals surface area contributed by atoms with Crippen LogP contribution in [0.15, 0.2) is 12.2 Å². The van der Waals surface area contributed by atoms with E-state index in [-0.39, 0.29) is 0 Å². The zero-order valence-electron chi connectivity index (χ0n) is 11.6. The zero-order valence-corrected chi connectivity index (χ0v) is 11.6. The van der Waals surface area contributed by atoms with Crippen LogP contribution in [0.2, 0.25) is 0 Å². The minimum absolute atomic E-state index is 0.717. The van der Waals surface area contributed by atoms with Crippen molar-refractivity contribution in [2.24, 2.45) is 0 Å². The molecule has 0 aromatic carbocycles. The highest BCUT2D eigenvalue weighted by Crippen LogP contribution is 2.27.